The third kappa shape index (κ3) is 14.1. The highest BCUT2D eigenvalue weighted by molar-refractivity contribution is 8.02. The molecular weight excluding hydrogens is 324 g/mol. The van der Waals surface area contributed by atoms with Gasteiger partial charge in [-0.2, -0.15) is 0 Å². The standard InChI is InChI=1S/C10H10O7.C5H8S/c1-5(3-7(11)12)9(15)17-10(16)6(2)4-8(13)14;1-3-5-6-4-2/h3-4H,1-2H3,(H,11,12)(H,13,14);3-4H,1-2,5H2/b5-3-,6-4-;. The Balaban J connectivity index is 0. The van der Waals surface area contributed by atoms with Crippen LogP contribution in [0.25, 0.3) is 0 Å². The van der Waals surface area contributed by atoms with E-state index < -0.39 is 23.9 Å². The van der Waals surface area contributed by atoms with E-state index in [-0.39, 0.29) is 11.1 Å². The van der Waals surface area contributed by atoms with Gasteiger partial charge >= 0.3 is 23.9 Å². The van der Waals surface area contributed by atoms with Crippen molar-refractivity contribution in [2.24, 2.45) is 0 Å². The molecule has 8 heteroatoms. The van der Waals surface area contributed by atoms with Gasteiger partial charge in [-0.05, 0) is 19.3 Å². The fourth-order valence-corrected chi connectivity index (χ4v) is 1.14. The summed E-state index contributed by atoms with van der Waals surface area (Å²) in [6, 6.07) is 0. The van der Waals surface area contributed by atoms with E-state index in [1.54, 1.807) is 11.8 Å². The number of carboxylic acids is 2. The van der Waals surface area contributed by atoms with Crippen LogP contribution in [0.1, 0.15) is 13.8 Å². The van der Waals surface area contributed by atoms with Crippen molar-refractivity contribution in [3.63, 3.8) is 0 Å². The molecule has 7 nitrogen and oxygen atoms in total. The van der Waals surface area contributed by atoms with Crippen LogP contribution in [0.5, 0.6) is 0 Å². The van der Waals surface area contributed by atoms with Gasteiger partial charge in [0.25, 0.3) is 0 Å². The topological polar surface area (TPSA) is 118 Å². The zero-order valence-corrected chi connectivity index (χ0v) is 13.6. The summed E-state index contributed by atoms with van der Waals surface area (Å²) in [5.41, 5.74) is -0.567. The Morgan fingerprint density at radius 1 is 0.957 bits per heavy atom. The molecule has 0 amide bonds. The lowest BCUT2D eigenvalue weighted by molar-refractivity contribution is -0.154. The lowest BCUT2D eigenvalue weighted by atomic mass is 10.2. The Morgan fingerprint density at radius 3 is 1.57 bits per heavy atom. The van der Waals surface area contributed by atoms with Gasteiger partial charge in [0.15, 0.2) is 0 Å². The molecule has 0 aromatic carbocycles. The first-order valence-corrected chi connectivity index (χ1v) is 7.12. The number of rotatable bonds is 7. The number of hydrogen-bond donors (Lipinski definition) is 2. The van der Waals surface area contributed by atoms with Crippen molar-refractivity contribution in [3.8, 4) is 0 Å². The van der Waals surface area contributed by atoms with Gasteiger partial charge in [-0.3, -0.25) is 0 Å². The Kier molecular flexibility index (Phi) is 12.9. The summed E-state index contributed by atoms with van der Waals surface area (Å²) >= 11 is 1.65. The minimum Gasteiger partial charge on any atom is -0.478 e. The maximum Gasteiger partial charge on any atom is 0.341 e. The van der Waals surface area contributed by atoms with Crippen LogP contribution < -0.4 is 0 Å². The lowest BCUT2D eigenvalue weighted by Crippen LogP contribution is -2.15. The normalized spacial score (nSPS) is 10.7. The number of carbonyl (C=O) groups excluding carboxylic acids is 2. The van der Waals surface area contributed by atoms with Gasteiger partial charge < -0.3 is 14.9 Å². The maximum atomic E-state index is 11.1. The first-order valence-electron chi connectivity index (χ1n) is 6.08. The molecule has 0 saturated carbocycles. The molecule has 0 aliphatic rings. The van der Waals surface area contributed by atoms with Crippen LogP contribution in [0.15, 0.2) is 47.9 Å². The number of carbonyl (C=O) groups is 4. The Morgan fingerprint density at radius 2 is 1.35 bits per heavy atom. The van der Waals surface area contributed by atoms with Gasteiger partial charge in [0.1, 0.15) is 0 Å². The molecule has 0 saturated heterocycles. The number of carboxylic acid groups (broad SMARTS) is 2. The Bertz CT molecular complexity index is 496. The average Bonchev–Trinajstić information content (AvgIpc) is 2.44. The van der Waals surface area contributed by atoms with Gasteiger partial charge in [0, 0.05) is 29.1 Å². The molecule has 0 fully saturated rings. The first-order chi connectivity index (χ1) is 10.6. The number of esters is 2. The lowest BCUT2D eigenvalue weighted by Gasteiger charge is -2.01. The van der Waals surface area contributed by atoms with Crippen molar-refractivity contribution in [1.29, 1.82) is 0 Å². The summed E-state index contributed by atoms with van der Waals surface area (Å²) in [5, 5.41) is 18.5. The molecule has 23 heavy (non-hydrogen) atoms. The number of hydrogen-bond acceptors (Lipinski definition) is 6. The summed E-state index contributed by atoms with van der Waals surface area (Å²) in [5.74, 6) is -4.02. The van der Waals surface area contributed by atoms with Crippen LogP contribution in [0, 0.1) is 0 Å². The highest BCUT2D eigenvalue weighted by atomic mass is 32.2. The summed E-state index contributed by atoms with van der Waals surface area (Å²) in [6.45, 7) is 9.35. The Hall–Kier alpha value is -2.61. The van der Waals surface area contributed by atoms with E-state index in [9.17, 15) is 19.2 Å². The molecule has 2 N–H and O–H groups in total. The zero-order chi connectivity index (χ0) is 18.4. The van der Waals surface area contributed by atoms with Crippen molar-refractivity contribution in [2.75, 3.05) is 5.75 Å². The molecule has 0 aromatic heterocycles. The zero-order valence-electron chi connectivity index (χ0n) is 12.8. The molecule has 0 aliphatic heterocycles. The monoisotopic (exact) mass is 342 g/mol. The van der Waals surface area contributed by atoms with E-state index in [0.29, 0.717) is 12.2 Å². The third-order valence-electron chi connectivity index (χ3n) is 1.84. The van der Waals surface area contributed by atoms with Gasteiger partial charge in [-0.15, -0.1) is 18.3 Å². The van der Waals surface area contributed by atoms with Gasteiger partial charge in [0.05, 0.1) is 0 Å². The number of aliphatic carboxylic acids is 2. The Labute approximate surface area is 138 Å². The van der Waals surface area contributed by atoms with E-state index in [4.69, 9.17) is 10.2 Å². The van der Waals surface area contributed by atoms with Crippen LogP contribution >= 0.6 is 11.8 Å². The highest BCUT2D eigenvalue weighted by Crippen LogP contribution is 2.02. The van der Waals surface area contributed by atoms with Crippen LogP contribution in [-0.4, -0.2) is 39.8 Å². The van der Waals surface area contributed by atoms with E-state index in [2.05, 4.69) is 17.9 Å². The SMILES string of the molecule is C/C(=C/C(=O)O)C(=O)OC(=O)/C(C)=C\C(=O)O.C=CCSC=C. The summed E-state index contributed by atoms with van der Waals surface area (Å²) in [4.78, 5) is 42.7. The van der Waals surface area contributed by atoms with Crippen LogP contribution in [0.4, 0.5) is 0 Å². The molecule has 0 radical (unpaired) electrons. The van der Waals surface area contributed by atoms with Crippen molar-refractivity contribution in [3.05, 3.63) is 47.9 Å². The minimum atomic E-state index is -1.36. The first kappa shape index (κ1) is 22.7. The molecule has 0 heterocycles. The van der Waals surface area contributed by atoms with Crippen molar-refractivity contribution >= 4 is 35.6 Å². The minimum absolute atomic E-state index is 0.283. The molecule has 0 spiro atoms. The highest BCUT2D eigenvalue weighted by Gasteiger charge is 2.15. The quantitative estimate of drug-likeness (QED) is 0.238. The van der Waals surface area contributed by atoms with Crippen LogP contribution in [0.3, 0.4) is 0 Å². The average molecular weight is 342 g/mol. The second kappa shape index (κ2) is 13.1. The van der Waals surface area contributed by atoms with Crippen LogP contribution in [0.2, 0.25) is 0 Å². The molecule has 0 unspecified atom stereocenters. The van der Waals surface area contributed by atoms with Gasteiger partial charge in [0.2, 0.25) is 0 Å². The molecule has 0 rings (SSSR count). The van der Waals surface area contributed by atoms with Crippen molar-refractivity contribution < 1.29 is 34.1 Å². The van der Waals surface area contributed by atoms with E-state index >= 15 is 0 Å². The van der Waals surface area contributed by atoms with E-state index in [1.807, 2.05) is 11.5 Å². The molecule has 0 atom stereocenters. The van der Waals surface area contributed by atoms with E-state index in [0.717, 1.165) is 19.6 Å². The molecular formula is C15H18O7S. The summed E-state index contributed by atoms with van der Waals surface area (Å²) in [6.07, 6.45) is 3.00. The van der Waals surface area contributed by atoms with Gasteiger partial charge in [-0.1, -0.05) is 12.7 Å². The molecule has 0 aromatic rings. The number of ether oxygens (including phenoxy) is 1. The fourth-order valence-electron chi connectivity index (χ4n) is 0.870. The van der Waals surface area contributed by atoms with Crippen LogP contribution in [-0.2, 0) is 23.9 Å². The number of thioether (sulfide) groups is 1. The second-order valence-corrected chi connectivity index (χ2v) is 4.80. The third-order valence-corrected chi connectivity index (χ3v) is 2.51. The predicted molar refractivity (Wildman–Crippen MR) is 86.7 cm³/mol. The largest absolute Gasteiger partial charge is 0.478 e. The predicted octanol–water partition coefficient (Wildman–Crippen LogP) is 2.17. The summed E-state index contributed by atoms with van der Waals surface area (Å²) in [7, 11) is 0. The smallest absolute Gasteiger partial charge is 0.341 e. The molecule has 0 aliphatic carbocycles. The van der Waals surface area contributed by atoms with Crippen molar-refractivity contribution in [1.82, 2.24) is 0 Å². The van der Waals surface area contributed by atoms with Gasteiger partial charge in [-0.25, -0.2) is 19.2 Å². The maximum absolute atomic E-state index is 11.1. The van der Waals surface area contributed by atoms with E-state index in [1.165, 1.54) is 0 Å². The molecule has 0 bridgehead atoms. The summed E-state index contributed by atoms with van der Waals surface area (Å²) < 4.78 is 4.23. The second-order valence-electron chi connectivity index (χ2n) is 3.80. The molecule has 126 valence electrons. The van der Waals surface area contributed by atoms with Crippen molar-refractivity contribution in [2.45, 2.75) is 13.8 Å². The fraction of sp³-hybridized carbons (Fsp3) is 0.200.